The van der Waals surface area contributed by atoms with E-state index in [1.165, 1.54) is 10.5 Å². The molecule has 0 saturated carbocycles. The van der Waals surface area contributed by atoms with Gasteiger partial charge in [0.15, 0.2) is 0 Å². The van der Waals surface area contributed by atoms with Crippen molar-refractivity contribution in [3.63, 3.8) is 0 Å². The topological polar surface area (TPSA) is 84.7 Å². The second kappa shape index (κ2) is 8.93. The standard InChI is InChI=1S/C25H24N4O3/c1-16-9-10-17(2)22(12-16)28-25(31)27-19-7-4-8-21(13-19)32-15-20-14-23(30)29-11-5-6-18(3)24(29)26-20/h4-14H,15H2,1-3H3,(H2,27,28,31). The minimum Gasteiger partial charge on any atom is -0.487 e. The summed E-state index contributed by atoms with van der Waals surface area (Å²) in [5, 5.41) is 5.68. The summed E-state index contributed by atoms with van der Waals surface area (Å²) in [6.07, 6.45) is 1.70. The van der Waals surface area contributed by atoms with Crippen LogP contribution in [0.2, 0.25) is 0 Å². The van der Waals surface area contributed by atoms with Gasteiger partial charge in [0.1, 0.15) is 18.0 Å². The molecule has 2 aromatic heterocycles. The summed E-state index contributed by atoms with van der Waals surface area (Å²) in [5.74, 6) is 0.557. The maximum absolute atomic E-state index is 12.4. The molecule has 0 unspecified atom stereocenters. The molecule has 4 aromatic rings. The molecule has 162 valence electrons. The van der Waals surface area contributed by atoms with E-state index in [1.807, 2.05) is 51.1 Å². The van der Waals surface area contributed by atoms with Gasteiger partial charge in [-0.2, -0.15) is 0 Å². The van der Waals surface area contributed by atoms with Gasteiger partial charge in [-0.1, -0.05) is 24.3 Å². The van der Waals surface area contributed by atoms with Gasteiger partial charge in [0.2, 0.25) is 0 Å². The first-order valence-corrected chi connectivity index (χ1v) is 10.2. The smallest absolute Gasteiger partial charge is 0.323 e. The molecule has 0 saturated heterocycles. The van der Waals surface area contributed by atoms with Crippen LogP contribution in [-0.2, 0) is 6.61 Å². The van der Waals surface area contributed by atoms with Crippen molar-refractivity contribution in [1.29, 1.82) is 0 Å². The predicted molar refractivity (Wildman–Crippen MR) is 126 cm³/mol. The van der Waals surface area contributed by atoms with Crippen molar-refractivity contribution in [2.75, 3.05) is 10.6 Å². The van der Waals surface area contributed by atoms with Gasteiger partial charge < -0.3 is 15.4 Å². The molecule has 2 heterocycles. The zero-order chi connectivity index (χ0) is 22.7. The molecule has 7 nitrogen and oxygen atoms in total. The molecule has 32 heavy (non-hydrogen) atoms. The van der Waals surface area contributed by atoms with E-state index < -0.39 is 0 Å². The fourth-order valence-corrected chi connectivity index (χ4v) is 3.36. The lowest BCUT2D eigenvalue weighted by Gasteiger charge is -2.12. The van der Waals surface area contributed by atoms with Gasteiger partial charge in [0, 0.05) is 29.7 Å². The van der Waals surface area contributed by atoms with Gasteiger partial charge in [-0.15, -0.1) is 0 Å². The molecule has 4 rings (SSSR count). The van der Waals surface area contributed by atoms with Crippen LogP contribution in [0.15, 0.2) is 71.7 Å². The van der Waals surface area contributed by atoms with Gasteiger partial charge in [0.05, 0.1) is 5.69 Å². The van der Waals surface area contributed by atoms with Crippen molar-refractivity contribution in [1.82, 2.24) is 9.38 Å². The maximum atomic E-state index is 12.4. The number of amides is 2. The third-order valence-corrected chi connectivity index (χ3v) is 5.06. The molecule has 0 atom stereocenters. The number of aryl methyl sites for hydroxylation is 3. The average Bonchev–Trinajstić information content (AvgIpc) is 2.76. The number of hydrogen-bond donors (Lipinski definition) is 2. The maximum Gasteiger partial charge on any atom is 0.323 e. The highest BCUT2D eigenvalue weighted by Crippen LogP contribution is 2.20. The molecule has 0 bridgehead atoms. The molecule has 0 fully saturated rings. The lowest BCUT2D eigenvalue weighted by atomic mass is 10.1. The first-order chi connectivity index (χ1) is 15.4. The Morgan fingerprint density at radius 3 is 2.66 bits per heavy atom. The number of benzene rings is 2. The van der Waals surface area contributed by atoms with E-state index in [-0.39, 0.29) is 18.2 Å². The van der Waals surface area contributed by atoms with E-state index >= 15 is 0 Å². The number of fused-ring (bicyclic) bond motifs is 1. The van der Waals surface area contributed by atoms with E-state index in [9.17, 15) is 9.59 Å². The Balaban J connectivity index is 1.44. The van der Waals surface area contributed by atoms with Crippen molar-refractivity contribution in [3.05, 3.63) is 99.6 Å². The number of ether oxygens (including phenoxy) is 1. The Labute approximate surface area is 185 Å². The molecular weight excluding hydrogens is 404 g/mol. The van der Waals surface area contributed by atoms with E-state index in [0.29, 0.717) is 22.8 Å². The number of pyridine rings is 1. The summed E-state index contributed by atoms with van der Waals surface area (Å²) in [5.41, 5.74) is 5.30. The lowest BCUT2D eigenvalue weighted by Crippen LogP contribution is -2.20. The first kappa shape index (κ1) is 21.1. The third kappa shape index (κ3) is 4.78. The average molecular weight is 428 g/mol. The number of hydrogen-bond acceptors (Lipinski definition) is 4. The lowest BCUT2D eigenvalue weighted by molar-refractivity contribution is 0.262. The summed E-state index contributed by atoms with van der Waals surface area (Å²) >= 11 is 0. The fraction of sp³-hybridized carbons (Fsp3) is 0.160. The van der Waals surface area contributed by atoms with Crippen molar-refractivity contribution < 1.29 is 9.53 Å². The van der Waals surface area contributed by atoms with Crippen LogP contribution >= 0.6 is 0 Å². The van der Waals surface area contributed by atoms with Crippen molar-refractivity contribution >= 4 is 23.1 Å². The van der Waals surface area contributed by atoms with Crippen LogP contribution in [0.3, 0.4) is 0 Å². The van der Waals surface area contributed by atoms with Crippen LogP contribution < -0.4 is 20.9 Å². The minimum absolute atomic E-state index is 0.137. The fourth-order valence-electron chi connectivity index (χ4n) is 3.36. The highest BCUT2D eigenvalue weighted by Gasteiger charge is 2.08. The highest BCUT2D eigenvalue weighted by molar-refractivity contribution is 6.00. The van der Waals surface area contributed by atoms with Crippen LogP contribution in [0.1, 0.15) is 22.4 Å². The van der Waals surface area contributed by atoms with E-state index in [2.05, 4.69) is 15.6 Å². The van der Waals surface area contributed by atoms with Gasteiger partial charge in [-0.3, -0.25) is 9.20 Å². The van der Waals surface area contributed by atoms with Crippen LogP contribution in [0.25, 0.3) is 5.65 Å². The minimum atomic E-state index is -0.337. The van der Waals surface area contributed by atoms with Crippen LogP contribution in [0.5, 0.6) is 5.75 Å². The number of aromatic nitrogens is 2. The van der Waals surface area contributed by atoms with Crippen LogP contribution in [0, 0.1) is 20.8 Å². The quantitative estimate of drug-likeness (QED) is 0.476. The molecule has 2 N–H and O–H groups in total. The zero-order valence-electron chi connectivity index (χ0n) is 18.2. The number of carbonyl (C=O) groups excluding carboxylic acids is 1. The van der Waals surface area contributed by atoms with Gasteiger partial charge in [-0.25, -0.2) is 9.78 Å². The van der Waals surface area contributed by atoms with Gasteiger partial charge in [0.25, 0.3) is 5.56 Å². The first-order valence-electron chi connectivity index (χ1n) is 10.2. The number of nitrogens with zero attached hydrogens (tertiary/aromatic N) is 2. The Morgan fingerprint density at radius 2 is 1.81 bits per heavy atom. The number of rotatable bonds is 5. The Kier molecular flexibility index (Phi) is 5.89. The summed E-state index contributed by atoms with van der Waals surface area (Å²) in [4.78, 5) is 29.3. The summed E-state index contributed by atoms with van der Waals surface area (Å²) < 4.78 is 7.34. The molecule has 0 spiro atoms. The second-order valence-electron chi connectivity index (χ2n) is 7.68. The predicted octanol–water partition coefficient (Wildman–Crippen LogP) is 4.84. The molecule has 0 radical (unpaired) electrons. The summed E-state index contributed by atoms with van der Waals surface area (Å²) in [7, 11) is 0. The molecule has 0 aliphatic carbocycles. The summed E-state index contributed by atoms with van der Waals surface area (Å²) in [6.45, 7) is 5.96. The number of carbonyl (C=O) groups is 1. The van der Waals surface area contributed by atoms with Crippen LogP contribution in [0.4, 0.5) is 16.2 Å². The van der Waals surface area contributed by atoms with E-state index in [0.717, 1.165) is 22.4 Å². The number of anilines is 2. The van der Waals surface area contributed by atoms with E-state index in [1.54, 1.807) is 30.5 Å². The Morgan fingerprint density at radius 1 is 0.969 bits per heavy atom. The van der Waals surface area contributed by atoms with Crippen LogP contribution in [-0.4, -0.2) is 15.4 Å². The van der Waals surface area contributed by atoms with Gasteiger partial charge in [-0.05, 0) is 61.7 Å². The number of nitrogens with one attached hydrogen (secondary N) is 2. The van der Waals surface area contributed by atoms with Crippen molar-refractivity contribution in [3.8, 4) is 5.75 Å². The molecule has 0 aliphatic heterocycles. The molecule has 7 heteroatoms. The molecular formula is C25H24N4O3. The highest BCUT2D eigenvalue weighted by atomic mass is 16.5. The molecule has 0 aliphatic rings. The third-order valence-electron chi connectivity index (χ3n) is 5.06. The Hall–Kier alpha value is -4.13. The van der Waals surface area contributed by atoms with Crippen molar-refractivity contribution in [2.45, 2.75) is 27.4 Å². The SMILES string of the molecule is Cc1ccc(C)c(NC(=O)Nc2cccc(OCc3cc(=O)n4cccc(C)c4n3)c2)c1. The van der Waals surface area contributed by atoms with Crippen molar-refractivity contribution in [2.24, 2.45) is 0 Å². The monoisotopic (exact) mass is 428 g/mol. The largest absolute Gasteiger partial charge is 0.487 e. The molecule has 2 amide bonds. The molecule has 2 aromatic carbocycles. The Bertz CT molecular complexity index is 1360. The van der Waals surface area contributed by atoms with Gasteiger partial charge >= 0.3 is 6.03 Å². The number of urea groups is 1. The van der Waals surface area contributed by atoms with E-state index in [4.69, 9.17) is 4.74 Å². The normalized spacial score (nSPS) is 10.7. The second-order valence-corrected chi connectivity index (χ2v) is 7.68. The zero-order valence-corrected chi connectivity index (χ0v) is 18.2. The summed E-state index contributed by atoms with van der Waals surface area (Å²) in [6, 6.07) is 17.8.